The van der Waals surface area contributed by atoms with Gasteiger partial charge < -0.3 is 0 Å². The lowest BCUT2D eigenvalue weighted by molar-refractivity contribution is 1.28. The van der Waals surface area contributed by atoms with Crippen molar-refractivity contribution in [1.82, 2.24) is 4.98 Å². The van der Waals surface area contributed by atoms with Crippen molar-refractivity contribution in [3.05, 3.63) is 36.0 Å². The molecule has 0 aliphatic carbocycles. The van der Waals surface area contributed by atoms with E-state index in [1.54, 1.807) is 11.8 Å². The molecule has 0 fully saturated rings. The first kappa shape index (κ1) is 8.57. The second-order valence-electron chi connectivity index (χ2n) is 2.99. The van der Waals surface area contributed by atoms with E-state index in [2.05, 4.69) is 36.4 Å². The van der Waals surface area contributed by atoms with Crippen LogP contribution in [0.25, 0.3) is 10.9 Å². The van der Waals surface area contributed by atoms with E-state index < -0.39 is 0 Å². The van der Waals surface area contributed by atoms with Crippen LogP contribution in [-0.4, -0.2) is 11.2 Å². The fourth-order valence-corrected chi connectivity index (χ4v) is 2.23. The highest BCUT2D eigenvalue weighted by molar-refractivity contribution is 7.98. The lowest BCUT2D eigenvalue weighted by Crippen LogP contribution is -1.84. The van der Waals surface area contributed by atoms with Crippen molar-refractivity contribution in [2.24, 2.45) is 0 Å². The molecule has 0 saturated heterocycles. The van der Waals surface area contributed by atoms with E-state index in [0.717, 1.165) is 5.52 Å². The number of pyridine rings is 1. The molecule has 0 unspecified atom stereocenters. The summed E-state index contributed by atoms with van der Waals surface area (Å²) in [6.07, 6.45) is 3.94. The number of hydrogen-bond donors (Lipinski definition) is 0. The number of fused-ring (bicyclic) bond motifs is 1. The Morgan fingerprint density at radius 2 is 2.08 bits per heavy atom. The molecule has 0 aliphatic heterocycles. The number of benzene rings is 1. The minimum atomic E-state index is 1.12. The quantitative estimate of drug-likeness (QED) is 0.639. The van der Waals surface area contributed by atoms with Gasteiger partial charge in [-0.25, -0.2) is 0 Å². The summed E-state index contributed by atoms with van der Waals surface area (Å²) in [6.45, 7) is 2.12. The minimum Gasteiger partial charge on any atom is -0.255 e. The predicted molar refractivity (Wildman–Crippen MR) is 58.3 cm³/mol. The van der Waals surface area contributed by atoms with E-state index in [0.29, 0.717) is 0 Å². The van der Waals surface area contributed by atoms with Gasteiger partial charge in [0.15, 0.2) is 0 Å². The van der Waals surface area contributed by atoms with Crippen LogP contribution in [0.1, 0.15) is 5.56 Å². The van der Waals surface area contributed by atoms with E-state index in [4.69, 9.17) is 0 Å². The highest BCUT2D eigenvalue weighted by Gasteiger charge is 2.03. The molecule has 1 nitrogen and oxygen atoms in total. The summed E-state index contributed by atoms with van der Waals surface area (Å²) < 4.78 is 0. The molecular weight excluding hydrogens is 178 g/mol. The maximum atomic E-state index is 4.39. The Hall–Kier alpha value is -1.02. The molecular formula is C11H11NS. The molecule has 0 bridgehead atoms. The summed E-state index contributed by atoms with van der Waals surface area (Å²) in [5.74, 6) is 0. The predicted octanol–water partition coefficient (Wildman–Crippen LogP) is 3.27. The van der Waals surface area contributed by atoms with Crippen molar-refractivity contribution < 1.29 is 0 Å². The van der Waals surface area contributed by atoms with E-state index >= 15 is 0 Å². The summed E-state index contributed by atoms with van der Waals surface area (Å²) >= 11 is 1.76. The lowest BCUT2D eigenvalue weighted by atomic mass is 10.1. The number of aromatic nitrogens is 1. The number of rotatable bonds is 1. The molecule has 0 aliphatic rings. The Balaban J connectivity index is 2.84. The highest BCUT2D eigenvalue weighted by atomic mass is 32.2. The van der Waals surface area contributed by atoms with Gasteiger partial charge in [-0.15, -0.1) is 11.8 Å². The first-order chi connectivity index (χ1) is 6.33. The molecule has 2 aromatic rings. The van der Waals surface area contributed by atoms with Crippen molar-refractivity contribution >= 4 is 22.7 Å². The van der Waals surface area contributed by atoms with Gasteiger partial charge in [0.25, 0.3) is 0 Å². The Morgan fingerprint density at radius 3 is 2.85 bits per heavy atom. The molecule has 0 atom stereocenters. The van der Waals surface area contributed by atoms with Gasteiger partial charge >= 0.3 is 0 Å². The van der Waals surface area contributed by atoms with Gasteiger partial charge in [0, 0.05) is 16.5 Å². The maximum Gasteiger partial charge on any atom is 0.0840 e. The van der Waals surface area contributed by atoms with Crippen molar-refractivity contribution in [2.45, 2.75) is 11.8 Å². The van der Waals surface area contributed by atoms with Crippen LogP contribution in [0.5, 0.6) is 0 Å². The Labute approximate surface area is 82.2 Å². The van der Waals surface area contributed by atoms with E-state index in [1.807, 2.05) is 12.3 Å². The SMILES string of the molecule is CSc1c(C)ccc2cccnc12. The largest absolute Gasteiger partial charge is 0.255 e. The fourth-order valence-electron chi connectivity index (χ4n) is 1.48. The van der Waals surface area contributed by atoms with Gasteiger partial charge in [-0.1, -0.05) is 18.2 Å². The summed E-state index contributed by atoms with van der Waals surface area (Å²) in [5.41, 5.74) is 2.42. The van der Waals surface area contributed by atoms with Gasteiger partial charge in [0.1, 0.15) is 0 Å². The second-order valence-corrected chi connectivity index (χ2v) is 3.81. The second kappa shape index (κ2) is 3.38. The summed E-state index contributed by atoms with van der Waals surface area (Å²) in [4.78, 5) is 5.68. The molecule has 1 heterocycles. The molecule has 1 aromatic heterocycles. The molecule has 1 aromatic carbocycles. The zero-order valence-corrected chi connectivity index (χ0v) is 8.56. The van der Waals surface area contributed by atoms with Crippen molar-refractivity contribution in [3.8, 4) is 0 Å². The third-order valence-electron chi connectivity index (χ3n) is 2.13. The van der Waals surface area contributed by atoms with Crippen LogP contribution >= 0.6 is 11.8 Å². The Morgan fingerprint density at radius 1 is 1.23 bits per heavy atom. The molecule has 66 valence electrons. The van der Waals surface area contributed by atoms with Crippen molar-refractivity contribution in [3.63, 3.8) is 0 Å². The van der Waals surface area contributed by atoms with Crippen LogP contribution in [0.2, 0.25) is 0 Å². The first-order valence-corrected chi connectivity index (χ1v) is 5.43. The Kier molecular flexibility index (Phi) is 2.23. The summed E-state index contributed by atoms with van der Waals surface area (Å²) in [7, 11) is 0. The average molecular weight is 189 g/mol. The highest BCUT2D eigenvalue weighted by Crippen LogP contribution is 2.27. The molecule has 2 rings (SSSR count). The number of nitrogens with zero attached hydrogens (tertiary/aromatic N) is 1. The van der Waals surface area contributed by atoms with Gasteiger partial charge in [0.05, 0.1) is 5.52 Å². The van der Waals surface area contributed by atoms with Crippen LogP contribution < -0.4 is 0 Å². The van der Waals surface area contributed by atoms with Crippen LogP contribution in [0.3, 0.4) is 0 Å². The van der Waals surface area contributed by atoms with Gasteiger partial charge in [0.2, 0.25) is 0 Å². The molecule has 0 amide bonds. The van der Waals surface area contributed by atoms with Gasteiger partial charge in [-0.05, 0) is 24.8 Å². The third-order valence-corrected chi connectivity index (χ3v) is 3.05. The first-order valence-electron chi connectivity index (χ1n) is 4.21. The van der Waals surface area contributed by atoms with Crippen LogP contribution in [-0.2, 0) is 0 Å². The number of aryl methyl sites for hydroxylation is 1. The zero-order valence-electron chi connectivity index (χ0n) is 7.74. The monoisotopic (exact) mass is 189 g/mol. The standard InChI is InChI=1S/C11H11NS/c1-8-5-6-9-4-3-7-12-10(9)11(8)13-2/h3-7H,1-2H3. The molecule has 0 spiro atoms. The molecule has 0 radical (unpaired) electrons. The van der Waals surface area contributed by atoms with Crippen molar-refractivity contribution in [2.75, 3.05) is 6.26 Å². The fraction of sp³-hybridized carbons (Fsp3) is 0.182. The minimum absolute atomic E-state index is 1.12. The average Bonchev–Trinajstić information content (AvgIpc) is 2.18. The number of thioether (sulfide) groups is 1. The summed E-state index contributed by atoms with van der Waals surface area (Å²) in [6, 6.07) is 8.34. The summed E-state index contributed by atoms with van der Waals surface area (Å²) in [5, 5.41) is 1.22. The van der Waals surface area contributed by atoms with E-state index in [9.17, 15) is 0 Å². The maximum absolute atomic E-state index is 4.39. The van der Waals surface area contributed by atoms with E-state index in [-0.39, 0.29) is 0 Å². The van der Waals surface area contributed by atoms with Gasteiger partial charge in [-0.2, -0.15) is 0 Å². The molecule has 13 heavy (non-hydrogen) atoms. The molecule has 0 N–H and O–H groups in total. The Bertz CT molecular complexity index is 437. The van der Waals surface area contributed by atoms with Crippen LogP contribution in [0, 0.1) is 6.92 Å². The third kappa shape index (κ3) is 1.42. The smallest absolute Gasteiger partial charge is 0.0840 e. The normalized spacial score (nSPS) is 10.6. The zero-order chi connectivity index (χ0) is 9.26. The lowest BCUT2D eigenvalue weighted by Gasteiger charge is -2.05. The van der Waals surface area contributed by atoms with Crippen LogP contribution in [0.4, 0.5) is 0 Å². The van der Waals surface area contributed by atoms with Crippen LogP contribution in [0.15, 0.2) is 35.4 Å². The molecule has 2 heteroatoms. The number of hydrogen-bond acceptors (Lipinski definition) is 2. The van der Waals surface area contributed by atoms with E-state index in [1.165, 1.54) is 15.8 Å². The van der Waals surface area contributed by atoms with Crippen molar-refractivity contribution in [1.29, 1.82) is 0 Å². The van der Waals surface area contributed by atoms with Gasteiger partial charge in [-0.3, -0.25) is 4.98 Å². The topological polar surface area (TPSA) is 12.9 Å². The molecule has 0 saturated carbocycles.